The van der Waals surface area contributed by atoms with Crippen molar-refractivity contribution in [3.63, 3.8) is 0 Å². The van der Waals surface area contributed by atoms with Gasteiger partial charge < -0.3 is 14.9 Å². The summed E-state index contributed by atoms with van der Waals surface area (Å²) < 4.78 is 58.7. The van der Waals surface area contributed by atoms with Gasteiger partial charge in [0.2, 0.25) is 5.75 Å². The van der Waals surface area contributed by atoms with Gasteiger partial charge in [-0.25, -0.2) is 17.6 Å². The van der Waals surface area contributed by atoms with Gasteiger partial charge in [0, 0.05) is 18.1 Å². The monoisotopic (exact) mass is 312 g/mol. The Morgan fingerprint density at radius 2 is 1.64 bits per heavy atom. The molecule has 0 amide bonds. The van der Waals surface area contributed by atoms with Gasteiger partial charge in [-0.15, -0.1) is 0 Å². The molecule has 0 unspecified atom stereocenters. The van der Waals surface area contributed by atoms with Crippen LogP contribution >= 0.6 is 0 Å². The van der Waals surface area contributed by atoms with Crippen LogP contribution in [0.3, 0.4) is 0 Å². The van der Waals surface area contributed by atoms with E-state index in [2.05, 4.69) is 0 Å². The van der Waals surface area contributed by atoms with Crippen LogP contribution in [0, 0.1) is 23.3 Å². The van der Waals surface area contributed by atoms with Crippen molar-refractivity contribution in [3.8, 4) is 17.2 Å². The van der Waals surface area contributed by atoms with Crippen LogP contribution < -0.4 is 4.74 Å². The molecule has 3 rings (SSSR count). The maximum atomic E-state index is 13.6. The van der Waals surface area contributed by atoms with Gasteiger partial charge in [0.25, 0.3) is 0 Å². The highest BCUT2D eigenvalue weighted by Crippen LogP contribution is 2.44. The number of aromatic hydroxyl groups is 2. The first-order valence-corrected chi connectivity index (χ1v) is 6.13. The Labute approximate surface area is 121 Å². The summed E-state index contributed by atoms with van der Waals surface area (Å²) in [6.07, 6.45) is 0.855. The van der Waals surface area contributed by atoms with E-state index in [-0.39, 0.29) is 24.0 Å². The average molecular weight is 312 g/mol. The quantitative estimate of drug-likeness (QED) is 0.480. The van der Waals surface area contributed by atoms with Crippen molar-refractivity contribution in [1.82, 2.24) is 0 Å². The molecule has 2 aromatic rings. The molecule has 114 valence electrons. The zero-order valence-corrected chi connectivity index (χ0v) is 10.8. The normalized spacial score (nSPS) is 15.0. The van der Waals surface area contributed by atoms with Crippen LogP contribution in [0.25, 0.3) is 6.08 Å². The Kier molecular flexibility index (Phi) is 3.20. The fourth-order valence-corrected chi connectivity index (χ4v) is 2.17. The minimum atomic E-state index is -1.54. The van der Waals surface area contributed by atoms with E-state index in [9.17, 15) is 27.8 Å². The third-order valence-corrected chi connectivity index (χ3v) is 3.24. The molecule has 1 heterocycles. The SMILES string of the molecule is Oc1ccc2c(c1O)OC(=Cc1c(F)c(F)cc(F)c1F)C2. The molecule has 0 radical (unpaired) electrons. The van der Waals surface area contributed by atoms with E-state index in [1.54, 1.807) is 0 Å². The average Bonchev–Trinajstić information content (AvgIpc) is 2.89. The summed E-state index contributed by atoms with van der Waals surface area (Å²) in [6, 6.07) is 2.79. The van der Waals surface area contributed by atoms with Crippen molar-refractivity contribution in [1.29, 1.82) is 0 Å². The lowest BCUT2D eigenvalue weighted by Crippen LogP contribution is -2.00. The summed E-state index contributed by atoms with van der Waals surface area (Å²) in [7, 11) is 0. The Hall–Kier alpha value is -2.70. The standard InChI is InChI=1S/C15H8F4O3/c16-9-5-10(17)13(19)8(12(9)18)4-7-3-6-1-2-11(20)14(21)15(6)22-7/h1-2,4-5,20-21H,3H2. The number of allylic oxidation sites excluding steroid dienone is 1. The van der Waals surface area contributed by atoms with E-state index in [0.29, 0.717) is 5.56 Å². The summed E-state index contributed by atoms with van der Waals surface area (Å²) in [5.41, 5.74) is -0.455. The molecule has 3 nitrogen and oxygen atoms in total. The van der Waals surface area contributed by atoms with Gasteiger partial charge in [-0.3, -0.25) is 0 Å². The number of hydrogen-bond acceptors (Lipinski definition) is 3. The van der Waals surface area contributed by atoms with Crippen molar-refractivity contribution in [3.05, 3.63) is 58.4 Å². The van der Waals surface area contributed by atoms with Crippen LogP contribution in [0.15, 0.2) is 24.0 Å². The molecular weight excluding hydrogens is 304 g/mol. The minimum Gasteiger partial charge on any atom is -0.504 e. The van der Waals surface area contributed by atoms with Crippen LogP contribution in [0.1, 0.15) is 11.1 Å². The number of ether oxygens (including phenoxy) is 1. The Balaban J connectivity index is 2.05. The number of benzene rings is 2. The van der Waals surface area contributed by atoms with Gasteiger partial charge in [0.05, 0.1) is 5.56 Å². The molecule has 1 aliphatic heterocycles. The molecule has 0 fully saturated rings. The van der Waals surface area contributed by atoms with E-state index in [0.717, 1.165) is 6.08 Å². The second-order valence-electron chi connectivity index (χ2n) is 4.69. The molecule has 2 aromatic carbocycles. The van der Waals surface area contributed by atoms with Gasteiger partial charge >= 0.3 is 0 Å². The second-order valence-corrected chi connectivity index (χ2v) is 4.69. The van der Waals surface area contributed by atoms with Crippen molar-refractivity contribution in [2.45, 2.75) is 6.42 Å². The molecule has 0 aromatic heterocycles. The summed E-state index contributed by atoms with van der Waals surface area (Å²) >= 11 is 0. The largest absolute Gasteiger partial charge is 0.504 e. The first-order chi connectivity index (χ1) is 10.4. The molecule has 1 aliphatic rings. The highest BCUT2D eigenvalue weighted by Gasteiger charge is 2.25. The lowest BCUT2D eigenvalue weighted by Gasteiger charge is -2.05. The van der Waals surface area contributed by atoms with Gasteiger partial charge in [0.1, 0.15) is 5.76 Å². The smallest absolute Gasteiger partial charge is 0.201 e. The topological polar surface area (TPSA) is 49.7 Å². The highest BCUT2D eigenvalue weighted by molar-refractivity contribution is 5.62. The highest BCUT2D eigenvalue weighted by atomic mass is 19.2. The second kappa shape index (κ2) is 4.94. The molecular formula is C15H8F4O3. The van der Waals surface area contributed by atoms with Crippen LogP contribution in [-0.2, 0) is 6.42 Å². The number of fused-ring (bicyclic) bond motifs is 1. The third kappa shape index (κ3) is 2.14. The maximum Gasteiger partial charge on any atom is 0.201 e. The van der Waals surface area contributed by atoms with Gasteiger partial charge in [-0.1, -0.05) is 6.07 Å². The summed E-state index contributed by atoms with van der Waals surface area (Å²) in [5.74, 6) is -7.18. The van der Waals surface area contributed by atoms with E-state index < -0.39 is 40.3 Å². The first-order valence-electron chi connectivity index (χ1n) is 6.13. The predicted molar refractivity (Wildman–Crippen MR) is 68.4 cm³/mol. The molecule has 0 saturated heterocycles. The van der Waals surface area contributed by atoms with Gasteiger partial charge in [-0.05, 0) is 12.1 Å². The molecule has 0 saturated carbocycles. The molecule has 0 bridgehead atoms. The first kappa shape index (κ1) is 14.2. The predicted octanol–water partition coefficient (Wildman–Crippen LogP) is 3.63. The Morgan fingerprint density at radius 3 is 2.27 bits per heavy atom. The van der Waals surface area contributed by atoms with E-state index in [4.69, 9.17) is 4.74 Å². The van der Waals surface area contributed by atoms with Crippen LogP contribution in [0.4, 0.5) is 17.6 Å². The molecule has 2 N–H and O–H groups in total. The maximum absolute atomic E-state index is 13.6. The fourth-order valence-electron chi connectivity index (χ4n) is 2.17. The number of phenols is 2. The lowest BCUT2D eigenvalue weighted by molar-refractivity contribution is 0.368. The minimum absolute atomic E-state index is 0.0290. The number of hydrogen-bond donors (Lipinski definition) is 2. The molecule has 22 heavy (non-hydrogen) atoms. The third-order valence-electron chi connectivity index (χ3n) is 3.24. The molecule has 0 spiro atoms. The summed E-state index contributed by atoms with van der Waals surface area (Å²) in [6.45, 7) is 0. The summed E-state index contributed by atoms with van der Waals surface area (Å²) in [4.78, 5) is 0. The van der Waals surface area contributed by atoms with Crippen molar-refractivity contribution in [2.75, 3.05) is 0 Å². The lowest BCUT2D eigenvalue weighted by atomic mass is 10.1. The van der Waals surface area contributed by atoms with E-state index in [1.165, 1.54) is 12.1 Å². The van der Waals surface area contributed by atoms with Crippen LogP contribution in [0.5, 0.6) is 17.2 Å². The van der Waals surface area contributed by atoms with Crippen LogP contribution in [0.2, 0.25) is 0 Å². The zero-order chi connectivity index (χ0) is 16.0. The van der Waals surface area contributed by atoms with Crippen molar-refractivity contribution >= 4 is 6.08 Å². The van der Waals surface area contributed by atoms with E-state index >= 15 is 0 Å². The Morgan fingerprint density at radius 1 is 1.00 bits per heavy atom. The fraction of sp³-hybridized carbons (Fsp3) is 0.0667. The molecule has 0 aliphatic carbocycles. The number of phenolic OH excluding ortho intramolecular Hbond substituents is 2. The van der Waals surface area contributed by atoms with Gasteiger partial charge in [0.15, 0.2) is 34.8 Å². The van der Waals surface area contributed by atoms with Gasteiger partial charge in [-0.2, -0.15) is 0 Å². The molecule has 7 heteroatoms. The Bertz CT molecular complexity index is 789. The van der Waals surface area contributed by atoms with Crippen LogP contribution in [-0.4, -0.2) is 10.2 Å². The summed E-state index contributed by atoms with van der Waals surface area (Å²) in [5, 5.41) is 19.0. The van der Waals surface area contributed by atoms with Crippen molar-refractivity contribution in [2.24, 2.45) is 0 Å². The number of halogens is 4. The van der Waals surface area contributed by atoms with Crippen molar-refractivity contribution < 1.29 is 32.5 Å². The number of rotatable bonds is 1. The zero-order valence-electron chi connectivity index (χ0n) is 10.8. The van der Waals surface area contributed by atoms with E-state index in [1.807, 2.05) is 0 Å². The molecule has 0 atom stereocenters.